The third kappa shape index (κ3) is 8.18. The summed E-state index contributed by atoms with van der Waals surface area (Å²) in [5, 5.41) is 4.12. The van der Waals surface area contributed by atoms with Crippen LogP contribution in [0, 0.1) is 0 Å². The number of amides is 2. The summed E-state index contributed by atoms with van der Waals surface area (Å²) in [5.41, 5.74) is 2.00. The minimum Gasteiger partial charge on any atom is -0.352 e. The van der Waals surface area contributed by atoms with Gasteiger partial charge in [-0.25, -0.2) is 0 Å². The molecule has 0 aliphatic heterocycles. The lowest BCUT2D eigenvalue weighted by Crippen LogP contribution is -2.52. The zero-order chi connectivity index (χ0) is 24.5. The third-order valence-corrected chi connectivity index (χ3v) is 8.34. The first-order chi connectivity index (χ1) is 16.4. The quantitative estimate of drug-likeness (QED) is 0.319. The molecule has 1 unspecified atom stereocenters. The van der Waals surface area contributed by atoms with Crippen LogP contribution in [0.1, 0.15) is 56.6 Å². The maximum absolute atomic E-state index is 13.4. The van der Waals surface area contributed by atoms with Gasteiger partial charge in [0.15, 0.2) is 0 Å². The third-order valence-electron chi connectivity index (χ3n) is 6.08. The predicted molar refractivity (Wildman–Crippen MR) is 146 cm³/mol. The van der Waals surface area contributed by atoms with Crippen molar-refractivity contribution in [1.29, 1.82) is 0 Å². The number of halogens is 3. The van der Waals surface area contributed by atoms with Crippen LogP contribution in [0.3, 0.4) is 0 Å². The van der Waals surface area contributed by atoms with E-state index >= 15 is 0 Å². The van der Waals surface area contributed by atoms with Crippen molar-refractivity contribution >= 4 is 62.7 Å². The van der Waals surface area contributed by atoms with Crippen molar-refractivity contribution in [2.75, 3.05) is 5.75 Å². The molecule has 2 aromatic rings. The number of nitrogens with zero attached hydrogens (tertiary/aromatic N) is 1. The molecule has 1 N–H and O–H groups in total. The van der Waals surface area contributed by atoms with Gasteiger partial charge in [-0.15, -0.1) is 11.8 Å². The highest BCUT2D eigenvalue weighted by Gasteiger charge is 2.30. The highest BCUT2D eigenvalue weighted by Crippen LogP contribution is 2.25. The van der Waals surface area contributed by atoms with E-state index in [1.165, 1.54) is 6.42 Å². The van der Waals surface area contributed by atoms with Gasteiger partial charge in [-0.05, 0) is 54.7 Å². The lowest BCUT2D eigenvalue weighted by molar-refractivity contribution is -0.139. The topological polar surface area (TPSA) is 49.4 Å². The number of nitrogens with one attached hydrogen (secondary N) is 1. The van der Waals surface area contributed by atoms with Crippen molar-refractivity contribution in [3.8, 4) is 0 Å². The number of rotatable bonds is 10. The molecule has 34 heavy (non-hydrogen) atoms. The van der Waals surface area contributed by atoms with Gasteiger partial charge < -0.3 is 10.2 Å². The molecule has 0 aromatic heterocycles. The molecule has 184 valence electrons. The van der Waals surface area contributed by atoms with Gasteiger partial charge in [0.25, 0.3) is 0 Å². The van der Waals surface area contributed by atoms with E-state index in [4.69, 9.17) is 23.2 Å². The number of hydrogen-bond acceptors (Lipinski definition) is 3. The van der Waals surface area contributed by atoms with Crippen molar-refractivity contribution < 1.29 is 9.59 Å². The fourth-order valence-corrected chi connectivity index (χ4v) is 5.67. The van der Waals surface area contributed by atoms with Gasteiger partial charge in [0, 0.05) is 22.8 Å². The monoisotopic (exact) mass is 584 g/mol. The van der Waals surface area contributed by atoms with Crippen molar-refractivity contribution in [3.05, 3.63) is 68.1 Å². The maximum Gasteiger partial charge on any atom is 0.243 e. The molecule has 1 saturated carbocycles. The zero-order valence-corrected chi connectivity index (χ0v) is 23.3. The van der Waals surface area contributed by atoms with Crippen molar-refractivity contribution in [2.24, 2.45) is 0 Å². The van der Waals surface area contributed by atoms with Crippen LogP contribution in [-0.4, -0.2) is 34.6 Å². The van der Waals surface area contributed by atoms with Gasteiger partial charge in [0.1, 0.15) is 6.04 Å². The first kappa shape index (κ1) is 27.4. The fraction of sp³-hybridized carbons (Fsp3) is 0.462. The van der Waals surface area contributed by atoms with Gasteiger partial charge in [0.2, 0.25) is 11.8 Å². The Morgan fingerprint density at radius 1 is 1.06 bits per heavy atom. The van der Waals surface area contributed by atoms with Gasteiger partial charge >= 0.3 is 0 Å². The highest BCUT2D eigenvalue weighted by molar-refractivity contribution is 9.10. The number of carbonyl (C=O) groups is 2. The molecular weight excluding hydrogens is 555 g/mol. The summed E-state index contributed by atoms with van der Waals surface area (Å²) in [5.74, 6) is 0.898. The standard InChI is InChI=1S/C26H31BrCl2N2O2S/c1-2-24(26(33)30-21-6-4-3-5-7-21)31(15-19-10-13-22(28)23(29)14-19)25(32)17-34-16-18-8-11-20(27)12-9-18/h8-14,21,24H,2-7,15-17H2,1H3,(H,30,33). The second-order valence-electron chi connectivity index (χ2n) is 8.66. The summed E-state index contributed by atoms with van der Waals surface area (Å²) in [6, 6.07) is 13.1. The second kappa shape index (κ2) is 13.8. The summed E-state index contributed by atoms with van der Waals surface area (Å²) in [6.07, 6.45) is 6.06. The molecule has 1 fully saturated rings. The van der Waals surface area contributed by atoms with Crippen LogP contribution in [0.5, 0.6) is 0 Å². The molecule has 2 aromatic carbocycles. The summed E-state index contributed by atoms with van der Waals surface area (Å²) < 4.78 is 1.03. The van der Waals surface area contributed by atoms with E-state index in [9.17, 15) is 9.59 Å². The van der Waals surface area contributed by atoms with Crippen LogP contribution < -0.4 is 5.32 Å². The van der Waals surface area contributed by atoms with E-state index in [0.29, 0.717) is 28.8 Å². The lowest BCUT2D eigenvalue weighted by atomic mass is 9.95. The summed E-state index contributed by atoms with van der Waals surface area (Å²) >= 11 is 17.3. The van der Waals surface area contributed by atoms with Gasteiger partial charge in [-0.1, -0.05) is 83.5 Å². The van der Waals surface area contributed by atoms with Crippen LogP contribution in [0.4, 0.5) is 0 Å². The second-order valence-corrected chi connectivity index (χ2v) is 11.4. The van der Waals surface area contributed by atoms with Crippen LogP contribution in [0.25, 0.3) is 0 Å². The molecule has 3 rings (SSSR count). The summed E-state index contributed by atoms with van der Waals surface area (Å²) in [6.45, 7) is 2.26. The molecule has 1 atom stereocenters. The van der Waals surface area contributed by atoms with Crippen LogP contribution in [0.2, 0.25) is 10.0 Å². The van der Waals surface area contributed by atoms with E-state index in [1.54, 1.807) is 28.8 Å². The Labute approximate surface area is 225 Å². The van der Waals surface area contributed by atoms with E-state index in [0.717, 1.165) is 47.0 Å². The van der Waals surface area contributed by atoms with Gasteiger partial charge in [-0.3, -0.25) is 9.59 Å². The molecule has 0 heterocycles. The largest absolute Gasteiger partial charge is 0.352 e. The van der Waals surface area contributed by atoms with Gasteiger partial charge in [-0.2, -0.15) is 0 Å². The normalized spacial score (nSPS) is 15.1. The minimum absolute atomic E-state index is 0.0566. The van der Waals surface area contributed by atoms with E-state index in [2.05, 4.69) is 21.2 Å². The lowest BCUT2D eigenvalue weighted by Gasteiger charge is -2.33. The fourth-order valence-electron chi connectivity index (χ4n) is 4.22. The number of hydrogen-bond donors (Lipinski definition) is 1. The van der Waals surface area contributed by atoms with Crippen LogP contribution in [-0.2, 0) is 21.9 Å². The molecule has 0 bridgehead atoms. The van der Waals surface area contributed by atoms with Gasteiger partial charge in [0.05, 0.1) is 15.8 Å². The van der Waals surface area contributed by atoms with E-state index in [-0.39, 0.29) is 17.9 Å². The molecule has 2 amide bonds. The molecule has 8 heteroatoms. The first-order valence-electron chi connectivity index (χ1n) is 11.7. The Kier molecular flexibility index (Phi) is 11.1. The van der Waals surface area contributed by atoms with E-state index < -0.39 is 6.04 Å². The summed E-state index contributed by atoms with van der Waals surface area (Å²) in [7, 11) is 0. The Hall–Kier alpha value is -1.21. The SMILES string of the molecule is CCC(C(=O)NC1CCCCC1)N(Cc1ccc(Cl)c(Cl)c1)C(=O)CSCc1ccc(Br)cc1. The average molecular weight is 586 g/mol. The highest BCUT2D eigenvalue weighted by atomic mass is 79.9. The Morgan fingerprint density at radius 2 is 1.74 bits per heavy atom. The Morgan fingerprint density at radius 3 is 2.38 bits per heavy atom. The predicted octanol–water partition coefficient (Wildman–Crippen LogP) is 7.25. The van der Waals surface area contributed by atoms with Crippen molar-refractivity contribution in [1.82, 2.24) is 10.2 Å². The van der Waals surface area contributed by atoms with E-state index in [1.807, 2.05) is 37.3 Å². The zero-order valence-electron chi connectivity index (χ0n) is 19.4. The number of thioether (sulfide) groups is 1. The number of carbonyl (C=O) groups excluding carboxylic acids is 2. The molecular formula is C26H31BrCl2N2O2S. The van der Waals surface area contributed by atoms with Crippen molar-refractivity contribution in [3.63, 3.8) is 0 Å². The smallest absolute Gasteiger partial charge is 0.243 e. The molecule has 4 nitrogen and oxygen atoms in total. The minimum atomic E-state index is -0.530. The molecule has 1 aliphatic carbocycles. The average Bonchev–Trinajstić information content (AvgIpc) is 2.83. The molecule has 0 radical (unpaired) electrons. The molecule has 1 aliphatic rings. The van der Waals surface area contributed by atoms with Crippen LogP contribution in [0.15, 0.2) is 46.9 Å². The first-order valence-corrected chi connectivity index (χ1v) is 14.4. The molecule has 0 spiro atoms. The van der Waals surface area contributed by atoms with Crippen LogP contribution >= 0.6 is 50.9 Å². The Balaban J connectivity index is 1.71. The Bertz CT molecular complexity index is 968. The molecule has 0 saturated heterocycles. The maximum atomic E-state index is 13.4. The number of benzene rings is 2. The summed E-state index contributed by atoms with van der Waals surface area (Å²) in [4.78, 5) is 28.4. The van der Waals surface area contributed by atoms with Crippen molar-refractivity contribution in [2.45, 2.75) is 69.8 Å².